The Morgan fingerprint density at radius 2 is 1.91 bits per heavy atom. The molecule has 0 radical (unpaired) electrons. The number of benzene rings is 1. The average Bonchev–Trinajstić information content (AvgIpc) is 3.51. The van der Waals surface area contributed by atoms with E-state index < -0.39 is 0 Å². The van der Waals surface area contributed by atoms with E-state index >= 15 is 0 Å². The van der Waals surface area contributed by atoms with E-state index in [1.807, 2.05) is 47.7 Å². The van der Waals surface area contributed by atoms with Crippen LogP contribution >= 0.6 is 11.3 Å². The first-order chi connectivity index (χ1) is 16.6. The molecule has 3 aromatic rings. The van der Waals surface area contributed by atoms with E-state index in [1.54, 1.807) is 0 Å². The first-order valence-corrected chi connectivity index (χ1v) is 13.3. The highest BCUT2D eigenvalue weighted by molar-refractivity contribution is 7.09. The molecule has 0 bridgehead atoms. The number of anilines is 1. The number of fused-ring (bicyclic) bond motifs is 1. The SMILES string of the molecule is Cc1nc(N(CC(=O)N2CCC(CN3CCCCC3)CC2)C(=O)c2ccc3cc[nH]c3c2)cs1. The maximum Gasteiger partial charge on any atom is 0.260 e. The Balaban J connectivity index is 1.25. The molecule has 1 aromatic carbocycles. The molecule has 4 heterocycles. The first kappa shape index (κ1) is 23.1. The topological polar surface area (TPSA) is 72.5 Å². The number of thiazole rings is 1. The fourth-order valence-electron chi connectivity index (χ4n) is 5.18. The molecule has 2 fully saturated rings. The lowest BCUT2D eigenvalue weighted by Gasteiger charge is -2.36. The van der Waals surface area contributed by atoms with Crippen molar-refractivity contribution < 1.29 is 9.59 Å². The Morgan fingerprint density at radius 1 is 1.12 bits per heavy atom. The van der Waals surface area contributed by atoms with Gasteiger partial charge in [-0.05, 0) is 75.2 Å². The Morgan fingerprint density at radius 3 is 2.65 bits per heavy atom. The Hall–Kier alpha value is -2.71. The summed E-state index contributed by atoms with van der Waals surface area (Å²) in [6, 6.07) is 7.57. The van der Waals surface area contributed by atoms with Gasteiger partial charge in [0.25, 0.3) is 5.91 Å². The first-order valence-electron chi connectivity index (χ1n) is 12.4. The molecule has 1 N–H and O–H groups in total. The van der Waals surface area contributed by atoms with Crippen molar-refractivity contribution in [2.24, 2.45) is 5.92 Å². The monoisotopic (exact) mass is 479 g/mol. The molecule has 0 unspecified atom stereocenters. The number of aryl methyl sites for hydroxylation is 1. The van der Waals surface area contributed by atoms with E-state index in [4.69, 9.17) is 0 Å². The number of aromatic nitrogens is 2. The fourth-order valence-corrected chi connectivity index (χ4v) is 5.78. The van der Waals surface area contributed by atoms with Gasteiger partial charge in [-0.2, -0.15) is 0 Å². The molecule has 7 nitrogen and oxygen atoms in total. The highest BCUT2D eigenvalue weighted by Gasteiger charge is 2.29. The van der Waals surface area contributed by atoms with Crippen LogP contribution in [0.2, 0.25) is 0 Å². The molecule has 0 aliphatic carbocycles. The van der Waals surface area contributed by atoms with Gasteiger partial charge in [-0.3, -0.25) is 14.5 Å². The molecule has 2 aromatic heterocycles. The van der Waals surface area contributed by atoms with Crippen molar-refractivity contribution in [3.63, 3.8) is 0 Å². The van der Waals surface area contributed by atoms with Crippen molar-refractivity contribution in [2.45, 2.75) is 39.0 Å². The number of H-pyrrole nitrogens is 1. The molecule has 2 aliphatic rings. The van der Waals surface area contributed by atoms with Gasteiger partial charge in [0.1, 0.15) is 12.4 Å². The van der Waals surface area contributed by atoms with Crippen molar-refractivity contribution in [1.29, 1.82) is 0 Å². The van der Waals surface area contributed by atoms with Gasteiger partial charge in [-0.15, -0.1) is 11.3 Å². The number of nitrogens with one attached hydrogen (secondary N) is 1. The van der Waals surface area contributed by atoms with Crippen LogP contribution in [-0.2, 0) is 4.79 Å². The van der Waals surface area contributed by atoms with Crippen molar-refractivity contribution >= 4 is 39.9 Å². The van der Waals surface area contributed by atoms with E-state index in [-0.39, 0.29) is 18.4 Å². The number of likely N-dealkylation sites (tertiary alicyclic amines) is 2. The predicted octanol–water partition coefficient (Wildman–Crippen LogP) is 4.30. The zero-order valence-electron chi connectivity index (χ0n) is 19.8. The molecule has 180 valence electrons. The van der Waals surface area contributed by atoms with E-state index in [0.29, 0.717) is 17.3 Å². The van der Waals surface area contributed by atoms with Gasteiger partial charge in [0.2, 0.25) is 5.91 Å². The molecule has 0 saturated carbocycles. The van der Waals surface area contributed by atoms with Gasteiger partial charge in [0, 0.05) is 42.3 Å². The summed E-state index contributed by atoms with van der Waals surface area (Å²) in [6.45, 7) is 7.06. The van der Waals surface area contributed by atoms with Gasteiger partial charge in [-0.1, -0.05) is 12.5 Å². The highest BCUT2D eigenvalue weighted by atomic mass is 32.1. The summed E-state index contributed by atoms with van der Waals surface area (Å²) in [4.78, 5) is 40.5. The molecule has 34 heavy (non-hydrogen) atoms. The molecule has 2 aliphatic heterocycles. The molecular weight excluding hydrogens is 446 g/mol. The van der Waals surface area contributed by atoms with Crippen molar-refractivity contribution in [3.05, 3.63) is 46.4 Å². The summed E-state index contributed by atoms with van der Waals surface area (Å²) in [5, 5.41) is 3.79. The molecular formula is C26H33N5O2S. The van der Waals surface area contributed by atoms with E-state index in [1.165, 1.54) is 48.6 Å². The lowest BCUT2D eigenvalue weighted by Crippen LogP contribution is -2.47. The van der Waals surface area contributed by atoms with Gasteiger partial charge in [-0.25, -0.2) is 4.98 Å². The number of rotatable bonds is 6. The number of piperidine rings is 2. The smallest absolute Gasteiger partial charge is 0.260 e. The minimum absolute atomic E-state index is 0.00335. The largest absolute Gasteiger partial charge is 0.361 e. The molecule has 8 heteroatoms. The number of carbonyl (C=O) groups is 2. The normalized spacial score (nSPS) is 17.9. The van der Waals surface area contributed by atoms with Crippen LogP contribution in [0.5, 0.6) is 0 Å². The second-order valence-electron chi connectivity index (χ2n) is 9.58. The quantitative estimate of drug-likeness (QED) is 0.572. The predicted molar refractivity (Wildman–Crippen MR) is 136 cm³/mol. The number of hydrogen-bond donors (Lipinski definition) is 1. The number of aromatic amines is 1. The second-order valence-corrected chi connectivity index (χ2v) is 10.6. The highest BCUT2D eigenvalue weighted by Crippen LogP contribution is 2.24. The van der Waals surface area contributed by atoms with Gasteiger partial charge in [0.15, 0.2) is 0 Å². The van der Waals surface area contributed by atoms with Crippen LogP contribution in [0.3, 0.4) is 0 Å². The van der Waals surface area contributed by atoms with Crippen LogP contribution in [0.4, 0.5) is 5.82 Å². The Bertz CT molecular complexity index is 1140. The van der Waals surface area contributed by atoms with Crippen LogP contribution in [-0.4, -0.2) is 70.9 Å². The van der Waals surface area contributed by atoms with Crippen LogP contribution in [0, 0.1) is 12.8 Å². The maximum absolute atomic E-state index is 13.5. The van der Waals surface area contributed by atoms with Crippen LogP contribution < -0.4 is 4.90 Å². The number of amides is 2. The van der Waals surface area contributed by atoms with Crippen molar-refractivity contribution in [3.8, 4) is 0 Å². The number of carbonyl (C=O) groups excluding carboxylic acids is 2. The third-order valence-electron chi connectivity index (χ3n) is 7.16. The van der Waals surface area contributed by atoms with E-state index in [2.05, 4.69) is 14.9 Å². The van der Waals surface area contributed by atoms with E-state index in [0.717, 1.165) is 48.4 Å². The average molecular weight is 480 g/mol. The van der Waals surface area contributed by atoms with E-state index in [9.17, 15) is 9.59 Å². The zero-order chi connectivity index (χ0) is 23.5. The van der Waals surface area contributed by atoms with Gasteiger partial charge >= 0.3 is 0 Å². The third-order valence-corrected chi connectivity index (χ3v) is 7.92. The molecule has 2 saturated heterocycles. The van der Waals surface area contributed by atoms with Gasteiger partial charge < -0.3 is 14.8 Å². The lowest BCUT2D eigenvalue weighted by molar-refractivity contribution is -0.131. The van der Waals surface area contributed by atoms with Crippen LogP contribution in [0.1, 0.15) is 47.5 Å². The summed E-state index contributed by atoms with van der Waals surface area (Å²) in [5.74, 6) is 1.01. The summed E-state index contributed by atoms with van der Waals surface area (Å²) in [6.07, 6.45) is 7.92. The molecule has 0 spiro atoms. The zero-order valence-corrected chi connectivity index (χ0v) is 20.6. The minimum Gasteiger partial charge on any atom is -0.361 e. The van der Waals surface area contributed by atoms with Crippen LogP contribution in [0.15, 0.2) is 35.8 Å². The number of nitrogens with zero attached hydrogens (tertiary/aromatic N) is 4. The summed E-state index contributed by atoms with van der Waals surface area (Å²) in [5.41, 5.74) is 1.45. The maximum atomic E-state index is 13.5. The Kier molecular flexibility index (Phi) is 6.97. The summed E-state index contributed by atoms with van der Waals surface area (Å²) in [7, 11) is 0. The van der Waals surface area contributed by atoms with Crippen molar-refractivity contribution in [2.75, 3.05) is 44.2 Å². The van der Waals surface area contributed by atoms with Crippen LogP contribution in [0.25, 0.3) is 10.9 Å². The molecule has 2 amide bonds. The third kappa shape index (κ3) is 5.18. The minimum atomic E-state index is -0.199. The molecule has 0 atom stereocenters. The van der Waals surface area contributed by atoms with Gasteiger partial charge in [0.05, 0.1) is 5.01 Å². The fraction of sp³-hybridized carbons (Fsp3) is 0.500. The Labute approximate surface area is 204 Å². The lowest BCUT2D eigenvalue weighted by atomic mass is 9.95. The second kappa shape index (κ2) is 10.3. The van der Waals surface area contributed by atoms with Crippen molar-refractivity contribution in [1.82, 2.24) is 19.8 Å². The standard InChI is InChI=1S/C26H33N5O2S/c1-19-28-24(18-34-19)31(26(33)22-6-5-21-7-10-27-23(21)15-22)17-25(32)30-13-8-20(9-14-30)16-29-11-3-2-4-12-29/h5-7,10,15,18,20,27H,2-4,8-9,11-14,16-17H2,1H3. The summed E-state index contributed by atoms with van der Waals surface area (Å²) >= 11 is 1.49. The number of hydrogen-bond acceptors (Lipinski definition) is 5. The molecule has 5 rings (SSSR count). The summed E-state index contributed by atoms with van der Waals surface area (Å²) < 4.78 is 0.